The summed E-state index contributed by atoms with van der Waals surface area (Å²) in [7, 11) is 0. The fourth-order valence-electron chi connectivity index (χ4n) is 2.50. The number of hydrogen-bond acceptors (Lipinski definition) is 4. The highest BCUT2D eigenvalue weighted by Crippen LogP contribution is 2.16. The van der Waals surface area contributed by atoms with Crippen molar-refractivity contribution >= 4 is 5.97 Å². The van der Waals surface area contributed by atoms with E-state index in [-0.39, 0.29) is 12.2 Å². The van der Waals surface area contributed by atoms with E-state index >= 15 is 0 Å². The van der Waals surface area contributed by atoms with Gasteiger partial charge in [-0.25, -0.2) is 4.39 Å². The summed E-state index contributed by atoms with van der Waals surface area (Å²) in [6.45, 7) is 3.37. The summed E-state index contributed by atoms with van der Waals surface area (Å²) in [5.74, 6) is -0.825. The monoisotopic (exact) mass is 346 g/mol. The van der Waals surface area contributed by atoms with Crippen molar-refractivity contribution in [2.45, 2.75) is 45.2 Å². The van der Waals surface area contributed by atoms with Crippen molar-refractivity contribution in [3.05, 3.63) is 71.5 Å². The molecule has 1 N–H and O–H groups in total. The molecule has 0 radical (unpaired) electrons. The smallest absolute Gasteiger partial charge is 0.303 e. The van der Waals surface area contributed by atoms with Crippen LogP contribution in [0.25, 0.3) is 0 Å². The molecular formula is C20H23FO4. The normalized spacial score (nSPS) is 14.6. The average Bonchev–Trinajstić information content (AvgIpc) is 2.61. The molecule has 2 aromatic rings. The number of halogens is 1. The molecule has 2 aromatic carbocycles. The van der Waals surface area contributed by atoms with Crippen molar-refractivity contribution in [1.82, 2.24) is 0 Å². The predicted octanol–water partition coefficient (Wildman–Crippen LogP) is 3.27. The molecule has 0 aliphatic heterocycles. The molecule has 25 heavy (non-hydrogen) atoms. The van der Waals surface area contributed by atoms with Crippen LogP contribution in [-0.2, 0) is 27.3 Å². The molecule has 0 bridgehead atoms. The molecule has 3 unspecified atom stereocenters. The molecule has 0 amide bonds. The van der Waals surface area contributed by atoms with Crippen LogP contribution in [-0.4, -0.2) is 29.4 Å². The van der Waals surface area contributed by atoms with Gasteiger partial charge in [0.2, 0.25) is 0 Å². The third kappa shape index (κ3) is 6.29. The van der Waals surface area contributed by atoms with E-state index in [4.69, 9.17) is 9.47 Å². The van der Waals surface area contributed by atoms with Gasteiger partial charge in [-0.1, -0.05) is 42.5 Å². The first-order valence-corrected chi connectivity index (χ1v) is 8.21. The van der Waals surface area contributed by atoms with Crippen molar-refractivity contribution in [3.8, 4) is 0 Å². The fraction of sp³-hybridized carbons (Fsp3) is 0.350. The van der Waals surface area contributed by atoms with Crippen molar-refractivity contribution in [2.75, 3.05) is 0 Å². The quantitative estimate of drug-likeness (QED) is 0.746. The van der Waals surface area contributed by atoms with Crippen LogP contribution >= 0.6 is 0 Å². The van der Waals surface area contributed by atoms with Crippen LogP contribution < -0.4 is 0 Å². The second kappa shape index (κ2) is 9.30. The van der Waals surface area contributed by atoms with Gasteiger partial charge < -0.3 is 14.6 Å². The molecule has 0 aliphatic rings. The lowest BCUT2D eigenvalue weighted by molar-refractivity contribution is -0.159. The molecule has 0 fully saturated rings. The van der Waals surface area contributed by atoms with Gasteiger partial charge in [-0.2, -0.15) is 0 Å². The minimum Gasteiger partial charge on any atom is -0.459 e. The van der Waals surface area contributed by atoms with Gasteiger partial charge >= 0.3 is 5.97 Å². The summed E-state index contributed by atoms with van der Waals surface area (Å²) in [4.78, 5) is 11.4. The van der Waals surface area contributed by atoms with Crippen LogP contribution in [0.4, 0.5) is 4.39 Å². The zero-order chi connectivity index (χ0) is 18.2. The van der Waals surface area contributed by atoms with E-state index in [9.17, 15) is 14.3 Å². The number of carbonyl (C=O) groups is 1. The Morgan fingerprint density at radius 3 is 2.32 bits per heavy atom. The first-order valence-electron chi connectivity index (χ1n) is 8.21. The highest BCUT2D eigenvalue weighted by Gasteiger charge is 2.28. The minimum absolute atomic E-state index is 0.278. The van der Waals surface area contributed by atoms with Gasteiger partial charge in [0.1, 0.15) is 18.0 Å². The Morgan fingerprint density at radius 1 is 1.08 bits per heavy atom. The lowest BCUT2D eigenvalue weighted by atomic mass is 10.0. The van der Waals surface area contributed by atoms with Crippen LogP contribution in [0.2, 0.25) is 0 Å². The average molecular weight is 346 g/mol. The Morgan fingerprint density at radius 2 is 1.72 bits per heavy atom. The van der Waals surface area contributed by atoms with Gasteiger partial charge in [-0.05, 0) is 30.2 Å². The van der Waals surface area contributed by atoms with Crippen molar-refractivity contribution in [3.63, 3.8) is 0 Å². The summed E-state index contributed by atoms with van der Waals surface area (Å²) < 4.78 is 24.0. The van der Waals surface area contributed by atoms with Gasteiger partial charge in [0.25, 0.3) is 0 Å². The summed E-state index contributed by atoms with van der Waals surface area (Å²) in [6.07, 6.45) is -2.03. The third-order valence-electron chi connectivity index (χ3n) is 3.89. The molecule has 5 heteroatoms. The maximum absolute atomic E-state index is 13.0. The molecule has 3 atom stereocenters. The van der Waals surface area contributed by atoms with E-state index in [0.29, 0.717) is 6.61 Å². The van der Waals surface area contributed by atoms with E-state index < -0.39 is 24.3 Å². The zero-order valence-corrected chi connectivity index (χ0v) is 14.4. The summed E-state index contributed by atoms with van der Waals surface area (Å²) in [5.41, 5.74) is 1.76. The standard InChI is InChI=1S/C20H23FO4/c1-14(24-13-17-6-4-3-5-7-17)20(23)19(25-15(2)22)12-16-8-10-18(21)11-9-16/h3-11,14,19-20,23H,12-13H2,1-2H3. The van der Waals surface area contributed by atoms with E-state index in [1.54, 1.807) is 19.1 Å². The number of hydrogen-bond donors (Lipinski definition) is 1. The van der Waals surface area contributed by atoms with Crippen LogP contribution in [0, 0.1) is 5.82 Å². The van der Waals surface area contributed by atoms with Crippen LogP contribution in [0.15, 0.2) is 54.6 Å². The van der Waals surface area contributed by atoms with E-state index in [1.165, 1.54) is 19.1 Å². The van der Waals surface area contributed by atoms with Crippen molar-refractivity contribution < 1.29 is 23.8 Å². The minimum atomic E-state index is -1.00. The zero-order valence-electron chi connectivity index (χ0n) is 14.4. The van der Waals surface area contributed by atoms with Gasteiger partial charge in [0.15, 0.2) is 0 Å². The number of ether oxygens (including phenoxy) is 2. The molecular weight excluding hydrogens is 323 g/mol. The van der Waals surface area contributed by atoms with Gasteiger partial charge in [0, 0.05) is 13.3 Å². The van der Waals surface area contributed by atoms with E-state index in [1.807, 2.05) is 30.3 Å². The summed E-state index contributed by atoms with van der Waals surface area (Å²) in [5, 5.41) is 10.5. The largest absolute Gasteiger partial charge is 0.459 e. The SMILES string of the molecule is CC(=O)OC(Cc1ccc(F)cc1)C(O)C(C)OCc1ccccc1. The molecule has 0 saturated heterocycles. The van der Waals surface area contributed by atoms with Crippen molar-refractivity contribution in [2.24, 2.45) is 0 Å². The van der Waals surface area contributed by atoms with Gasteiger partial charge in [-0.15, -0.1) is 0 Å². The Kier molecular flexibility index (Phi) is 7.10. The Labute approximate surface area is 147 Å². The predicted molar refractivity (Wildman–Crippen MR) is 92.4 cm³/mol. The number of carbonyl (C=O) groups excluding carboxylic acids is 1. The van der Waals surface area contributed by atoms with E-state index in [0.717, 1.165) is 11.1 Å². The second-order valence-corrected chi connectivity index (χ2v) is 5.97. The van der Waals surface area contributed by atoms with Crippen LogP contribution in [0.5, 0.6) is 0 Å². The molecule has 0 aliphatic carbocycles. The molecule has 2 rings (SSSR count). The van der Waals surface area contributed by atoms with E-state index in [2.05, 4.69) is 0 Å². The maximum atomic E-state index is 13.0. The molecule has 0 spiro atoms. The number of rotatable bonds is 8. The first-order chi connectivity index (χ1) is 12.0. The molecule has 0 heterocycles. The van der Waals surface area contributed by atoms with Crippen LogP contribution in [0.1, 0.15) is 25.0 Å². The first kappa shape index (κ1) is 19.1. The molecule has 134 valence electrons. The maximum Gasteiger partial charge on any atom is 0.303 e. The lowest BCUT2D eigenvalue weighted by Gasteiger charge is -2.27. The van der Waals surface area contributed by atoms with Gasteiger partial charge in [-0.3, -0.25) is 4.79 Å². The Hall–Kier alpha value is -2.24. The molecule has 4 nitrogen and oxygen atoms in total. The summed E-state index contributed by atoms with van der Waals surface area (Å²) >= 11 is 0. The van der Waals surface area contributed by atoms with Crippen molar-refractivity contribution in [1.29, 1.82) is 0 Å². The number of esters is 1. The highest BCUT2D eigenvalue weighted by atomic mass is 19.1. The van der Waals surface area contributed by atoms with Crippen LogP contribution in [0.3, 0.4) is 0 Å². The number of benzene rings is 2. The number of aliphatic hydroxyl groups is 1. The Bertz CT molecular complexity index is 657. The molecule has 0 saturated carbocycles. The third-order valence-corrected chi connectivity index (χ3v) is 3.89. The van der Waals surface area contributed by atoms with Gasteiger partial charge in [0.05, 0.1) is 12.7 Å². The highest BCUT2D eigenvalue weighted by molar-refractivity contribution is 5.66. The second-order valence-electron chi connectivity index (χ2n) is 5.97. The lowest BCUT2D eigenvalue weighted by Crippen LogP contribution is -2.41. The fourth-order valence-corrected chi connectivity index (χ4v) is 2.50. The number of aliphatic hydroxyl groups excluding tert-OH is 1. The topological polar surface area (TPSA) is 55.8 Å². The summed E-state index contributed by atoms with van der Waals surface area (Å²) in [6, 6.07) is 15.5. The Balaban J connectivity index is 1.99. The molecule has 0 aromatic heterocycles.